The first kappa shape index (κ1) is 13.7. The van der Waals surface area contributed by atoms with Crippen LogP contribution < -0.4 is 0 Å². The molecule has 0 N–H and O–H groups in total. The zero-order chi connectivity index (χ0) is 15.0. The Kier molecular flexibility index (Phi) is 3.41. The smallest absolute Gasteiger partial charge is 0.254 e. The molecule has 2 amide bonds. The van der Waals surface area contributed by atoms with Crippen molar-refractivity contribution < 1.29 is 9.59 Å². The number of aromatic nitrogens is 1. The largest absolute Gasteiger partial charge is 0.351 e. The van der Waals surface area contributed by atoms with Crippen LogP contribution in [0.4, 0.5) is 0 Å². The van der Waals surface area contributed by atoms with Gasteiger partial charge in [0.2, 0.25) is 5.91 Å². The van der Waals surface area contributed by atoms with Gasteiger partial charge in [-0.2, -0.15) is 0 Å². The van der Waals surface area contributed by atoms with Crippen LogP contribution in [0, 0.1) is 0 Å². The van der Waals surface area contributed by atoms with Crippen LogP contribution in [0.15, 0.2) is 30.5 Å². The summed E-state index contributed by atoms with van der Waals surface area (Å²) in [6.07, 6.45) is 1.99. The number of carbonyl (C=O) groups excluding carboxylic acids is 2. The van der Waals surface area contributed by atoms with E-state index in [2.05, 4.69) is 0 Å². The molecule has 1 fully saturated rings. The second kappa shape index (κ2) is 5.24. The third kappa shape index (κ3) is 2.51. The fraction of sp³-hybridized carbons (Fsp3) is 0.375. The first-order chi connectivity index (χ1) is 10.1. The predicted molar refractivity (Wildman–Crippen MR) is 81.1 cm³/mol. The van der Waals surface area contributed by atoms with Gasteiger partial charge in [0.15, 0.2) is 0 Å². The Labute approximate surface area is 123 Å². The molecule has 1 aliphatic heterocycles. The number of hydrogen-bond donors (Lipinski definition) is 0. The molecule has 0 radical (unpaired) electrons. The summed E-state index contributed by atoms with van der Waals surface area (Å²) in [5.41, 5.74) is 1.77. The van der Waals surface area contributed by atoms with Crippen molar-refractivity contribution in [2.45, 2.75) is 6.92 Å². The minimum atomic E-state index is 0.0429. The molecule has 0 unspecified atom stereocenters. The zero-order valence-electron chi connectivity index (χ0n) is 12.4. The van der Waals surface area contributed by atoms with Crippen LogP contribution in [-0.4, -0.2) is 52.4 Å². The van der Waals surface area contributed by atoms with Gasteiger partial charge < -0.3 is 14.4 Å². The Balaban J connectivity index is 1.78. The summed E-state index contributed by atoms with van der Waals surface area (Å²) >= 11 is 0. The molecular formula is C16H19N3O2. The van der Waals surface area contributed by atoms with E-state index in [1.54, 1.807) is 11.8 Å². The molecule has 1 aliphatic rings. The minimum Gasteiger partial charge on any atom is -0.351 e. The first-order valence-electron chi connectivity index (χ1n) is 7.16. The second-order valence-corrected chi connectivity index (χ2v) is 5.50. The Bertz CT molecular complexity index is 697. The SMILES string of the molecule is CC(=O)N1CCN(C(=O)c2ccc3ccn(C)c3c2)CC1. The molecule has 5 nitrogen and oxygen atoms in total. The summed E-state index contributed by atoms with van der Waals surface area (Å²) in [6, 6.07) is 7.83. The summed E-state index contributed by atoms with van der Waals surface area (Å²) in [6.45, 7) is 4.01. The minimum absolute atomic E-state index is 0.0429. The highest BCUT2D eigenvalue weighted by molar-refractivity contribution is 5.98. The molecule has 0 atom stereocenters. The molecule has 0 saturated carbocycles. The van der Waals surface area contributed by atoms with E-state index in [0.717, 1.165) is 10.9 Å². The van der Waals surface area contributed by atoms with E-state index in [4.69, 9.17) is 0 Å². The van der Waals surface area contributed by atoms with Gasteiger partial charge in [0.1, 0.15) is 0 Å². The van der Waals surface area contributed by atoms with Crippen LogP contribution in [0.2, 0.25) is 0 Å². The Hall–Kier alpha value is -2.30. The lowest BCUT2D eigenvalue weighted by Gasteiger charge is -2.34. The molecule has 3 rings (SSSR count). The van der Waals surface area contributed by atoms with Crippen molar-refractivity contribution in [3.8, 4) is 0 Å². The molecular weight excluding hydrogens is 266 g/mol. The van der Waals surface area contributed by atoms with Crippen molar-refractivity contribution in [1.29, 1.82) is 0 Å². The Morgan fingerprint density at radius 1 is 1.00 bits per heavy atom. The molecule has 0 spiro atoms. The Morgan fingerprint density at radius 2 is 1.67 bits per heavy atom. The maximum absolute atomic E-state index is 12.6. The number of nitrogens with zero attached hydrogens (tertiary/aromatic N) is 3. The van der Waals surface area contributed by atoms with E-state index in [9.17, 15) is 9.59 Å². The average Bonchev–Trinajstić information content (AvgIpc) is 2.87. The quantitative estimate of drug-likeness (QED) is 0.797. The maximum Gasteiger partial charge on any atom is 0.254 e. The van der Waals surface area contributed by atoms with Gasteiger partial charge in [0.05, 0.1) is 0 Å². The fourth-order valence-electron chi connectivity index (χ4n) is 2.80. The van der Waals surface area contributed by atoms with Crippen molar-refractivity contribution in [2.24, 2.45) is 7.05 Å². The third-order valence-electron chi connectivity index (χ3n) is 4.15. The lowest BCUT2D eigenvalue weighted by Crippen LogP contribution is -2.50. The van der Waals surface area contributed by atoms with Crippen LogP contribution in [0.5, 0.6) is 0 Å². The fourth-order valence-corrected chi connectivity index (χ4v) is 2.80. The topological polar surface area (TPSA) is 45.6 Å². The summed E-state index contributed by atoms with van der Waals surface area (Å²) < 4.78 is 2.01. The summed E-state index contributed by atoms with van der Waals surface area (Å²) in [4.78, 5) is 27.5. The highest BCUT2D eigenvalue weighted by Crippen LogP contribution is 2.18. The molecule has 1 saturated heterocycles. The van der Waals surface area contributed by atoms with E-state index in [-0.39, 0.29) is 11.8 Å². The normalized spacial score (nSPS) is 15.5. The third-order valence-corrected chi connectivity index (χ3v) is 4.15. The van der Waals surface area contributed by atoms with Crippen molar-refractivity contribution in [2.75, 3.05) is 26.2 Å². The van der Waals surface area contributed by atoms with E-state index < -0.39 is 0 Å². The van der Waals surface area contributed by atoms with Gasteiger partial charge in [-0.1, -0.05) is 6.07 Å². The Morgan fingerprint density at radius 3 is 2.33 bits per heavy atom. The molecule has 5 heteroatoms. The molecule has 1 aromatic carbocycles. The maximum atomic E-state index is 12.6. The van der Waals surface area contributed by atoms with Crippen LogP contribution >= 0.6 is 0 Å². The molecule has 2 heterocycles. The summed E-state index contributed by atoms with van der Waals surface area (Å²) in [5, 5.41) is 1.13. The number of benzene rings is 1. The highest BCUT2D eigenvalue weighted by Gasteiger charge is 2.23. The van der Waals surface area contributed by atoms with Crippen molar-refractivity contribution in [1.82, 2.24) is 14.4 Å². The van der Waals surface area contributed by atoms with Gasteiger partial charge in [-0.05, 0) is 23.6 Å². The van der Waals surface area contributed by atoms with Crippen LogP contribution in [-0.2, 0) is 11.8 Å². The molecule has 2 aromatic rings. The number of piperazine rings is 1. The number of amides is 2. The van der Waals surface area contributed by atoms with E-state index in [0.29, 0.717) is 31.7 Å². The predicted octanol–water partition coefficient (Wildman–Crippen LogP) is 1.48. The first-order valence-corrected chi connectivity index (χ1v) is 7.16. The monoisotopic (exact) mass is 285 g/mol. The summed E-state index contributed by atoms with van der Waals surface area (Å²) in [7, 11) is 1.97. The lowest BCUT2D eigenvalue weighted by atomic mass is 10.1. The number of carbonyl (C=O) groups is 2. The molecule has 110 valence electrons. The van der Waals surface area contributed by atoms with Crippen molar-refractivity contribution in [3.63, 3.8) is 0 Å². The molecule has 21 heavy (non-hydrogen) atoms. The molecule has 0 aliphatic carbocycles. The van der Waals surface area contributed by atoms with Crippen LogP contribution in [0.25, 0.3) is 10.9 Å². The number of aryl methyl sites for hydroxylation is 1. The average molecular weight is 285 g/mol. The van der Waals surface area contributed by atoms with Gasteiger partial charge in [-0.25, -0.2) is 0 Å². The molecule has 0 bridgehead atoms. The van der Waals surface area contributed by atoms with Gasteiger partial charge in [-0.15, -0.1) is 0 Å². The number of rotatable bonds is 1. The van der Waals surface area contributed by atoms with Crippen LogP contribution in [0.1, 0.15) is 17.3 Å². The van der Waals surface area contributed by atoms with E-state index in [1.807, 2.05) is 47.0 Å². The molecule has 1 aromatic heterocycles. The lowest BCUT2D eigenvalue weighted by molar-refractivity contribution is -0.130. The van der Waals surface area contributed by atoms with Gasteiger partial charge in [-0.3, -0.25) is 9.59 Å². The number of hydrogen-bond acceptors (Lipinski definition) is 2. The van der Waals surface area contributed by atoms with Crippen molar-refractivity contribution >= 4 is 22.7 Å². The van der Waals surface area contributed by atoms with Crippen molar-refractivity contribution in [3.05, 3.63) is 36.0 Å². The van der Waals surface area contributed by atoms with Gasteiger partial charge >= 0.3 is 0 Å². The van der Waals surface area contributed by atoms with Gasteiger partial charge in [0, 0.05) is 57.4 Å². The standard InChI is InChI=1S/C16H19N3O2/c1-12(20)18-7-9-19(10-8-18)16(21)14-4-3-13-5-6-17(2)15(13)11-14/h3-6,11H,7-10H2,1-2H3. The number of fused-ring (bicyclic) bond motifs is 1. The second-order valence-electron chi connectivity index (χ2n) is 5.50. The summed E-state index contributed by atoms with van der Waals surface area (Å²) in [5.74, 6) is 0.119. The van der Waals surface area contributed by atoms with E-state index in [1.165, 1.54) is 0 Å². The zero-order valence-corrected chi connectivity index (χ0v) is 12.4. The van der Waals surface area contributed by atoms with E-state index >= 15 is 0 Å². The van der Waals surface area contributed by atoms with Gasteiger partial charge in [0.25, 0.3) is 5.91 Å². The van der Waals surface area contributed by atoms with Crippen LogP contribution in [0.3, 0.4) is 0 Å². The highest BCUT2D eigenvalue weighted by atomic mass is 16.2.